The number of aryl methyl sites for hydroxylation is 2. The second-order valence-corrected chi connectivity index (χ2v) is 5.36. The van der Waals surface area contributed by atoms with Gasteiger partial charge in [-0.15, -0.1) is 5.10 Å². The molecule has 2 aromatic carbocycles. The quantitative estimate of drug-likeness (QED) is 0.732. The number of hydrogen-bond acceptors (Lipinski definition) is 3. The molecular weight excluding hydrogens is 293 g/mol. The molecule has 0 aliphatic heterocycles. The Kier molecular flexibility index (Phi) is 4.10. The summed E-state index contributed by atoms with van der Waals surface area (Å²) < 4.78 is 20.8. The van der Waals surface area contributed by atoms with E-state index in [9.17, 15) is 4.39 Å². The zero-order valence-electron chi connectivity index (χ0n) is 13.4. The van der Waals surface area contributed by atoms with Crippen LogP contribution in [0.1, 0.15) is 18.1 Å². The Hall–Kier alpha value is -2.69. The van der Waals surface area contributed by atoms with Gasteiger partial charge >= 0.3 is 0 Å². The second-order valence-electron chi connectivity index (χ2n) is 5.36. The number of halogens is 1. The number of aromatic nitrogens is 3. The predicted octanol–water partition coefficient (Wildman–Crippen LogP) is 3.95. The Balaban J connectivity index is 1.96. The topological polar surface area (TPSA) is 39.9 Å². The molecule has 1 aromatic heterocycles. The number of hydrogen-bond donors (Lipinski definition) is 0. The van der Waals surface area contributed by atoms with Crippen LogP contribution in [0.15, 0.2) is 42.6 Å². The van der Waals surface area contributed by atoms with Gasteiger partial charge in [-0.05, 0) is 42.7 Å². The molecule has 23 heavy (non-hydrogen) atoms. The molecule has 1 heterocycles. The zero-order chi connectivity index (χ0) is 16.4. The molecule has 3 rings (SSSR count). The molecule has 5 heteroatoms. The molecule has 0 aliphatic carbocycles. The van der Waals surface area contributed by atoms with Crippen molar-refractivity contribution in [2.45, 2.75) is 20.3 Å². The molecule has 0 atom stereocenters. The van der Waals surface area contributed by atoms with E-state index in [-0.39, 0.29) is 5.82 Å². The molecule has 0 amide bonds. The van der Waals surface area contributed by atoms with Gasteiger partial charge in [-0.2, -0.15) is 0 Å². The van der Waals surface area contributed by atoms with Crippen LogP contribution in [0.3, 0.4) is 0 Å². The van der Waals surface area contributed by atoms with Gasteiger partial charge in [-0.25, -0.2) is 9.07 Å². The van der Waals surface area contributed by atoms with Crippen molar-refractivity contribution in [3.8, 4) is 22.7 Å². The van der Waals surface area contributed by atoms with E-state index in [1.165, 1.54) is 6.07 Å². The van der Waals surface area contributed by atoms with Crippen LogP contribution < -0.4 is 4.74 Å². The first-order chi connectivity index (χ1) is 11.1. The highest BCUT2D eigenvalue weighted by molar-refractivity contribution is 5.61. The average Bonchev–Trinajstić information content (AvgIpc) is 3.05. The SMILES string of the molecule is CCc1ccc(-n2cc(-c3ccc(C)c(OC)c3)nn2)cc1F. The van der Waals surface area contributed by atoms with Crippen molar-refractivity contribution >= 4 is 0 Å². The molecule has 0 spiro atoms. The van der Waals surface area contributed by atoms with Gasteiger partial charge < -0.3 is 4.74 Å². The van der Waals surface area contributed by atoms with Crippen LogP contribution in [0, 0.1) is 12.7 Å². The lowest BCUT2D eigenvalue weighted by atomic mass is 10.1. The van der Waals surface area contributed by atoms with Gasteiger partial charge in [0.1, 0.15) is 17.3 Å². The summed E-state index contributed by atoms with van der Waals surface area (Å²) in [6, 6.07) is 11.0. The summed E-state index contributed by atoms with van der Waals surface area (Å²) >= 11 is 0. The van der Waals surface area contributed by atoms with Gasteiger partial charge in [0.05, 0.1) is 19.0 Å². The molecule has 0 radical (unpaired) electrons. The number of benzene rings is 2. The number of ether oxygens (including phenoxy) is 1. The fraction of sp³-hybridized carbons (Fsp3) is 0.222. The summed E-state index contributed by atoms with van der Waals surface area (Å²) in [5.41, 5.74) is 4.02. The first kappa shape index (κ1) is 15.2. The Labute approximate surface area is 134 Å². The van der Waals surface area contributed by atoms with Crippen LogP contribution in [0.5, 0.6) is 5.75 Å². The summed E-state index contributed by atoms with van der Waals surface area (Å²) in [4.78, 5) is 0. The maximum absolute atomic E-state index is 13.9. The standard InChI is InChI=1S/C18H18FN3O/c1-4-13-7-8-15(10-16(13)19)22-11-17(20-21-22)14-6-5-12(2)18(9-14)23-3/h5-11H,4H2,1-3H3. The predicted molar refractivity (Wildman–Crippen MR) is 87.4 cm³/mol. The van der Waals surface area contributed by atoms with E-state index in [0.29, 0.717) is 23.4 Å². The molecule has 118 valence electrons. The third-order valence-electron chi connectivity index (χ3n) is 3.88. The Bertz CT molecular complexity index is 842. The van der Waals surface area contributed by atoms with Crippen molar-refractivity contribution in [2.75, 3.05) is 7.11 Å². The summed E-state index contributed by atoms with van der Waals surface area (Å²) in [7, 11) is 1.64. The average molecular weight is 311 g/mol. The van der Waals surface area contributed by atoms with E-state index in [1.807, 2.05) is 38.1 Å². The van der Waals surface area contributed by atoms with Crippen LogP contribution >= 0.6 is 0 Å². The smallest absolute Gasteiger partial charge is 0.128 e. The third-order valence-corrected chi connectivity index (χ3v) is 3.88. The van der Waals surface area contributed by atoms with E-state index in [4.69, 9.17) is 4.74 Å². The van der Waals surface area contributed by atoms with Gasteiger partial charge in [-0.1, -0.05) is 30.3 Å². The second kappa shape index (κ2) is 6.20. The molecular formula is C18H18FN3O. The molecule has 0 bridgehead atoms. The molecule has 0 aliphatic rings. The molecule has 3 aromatic rings. The van der Waals surface area contributed by atoms with Crippen LogP contribution in [0.2, 0.25) is 0 Å². The van der Waals surface area contributed by atoms with Gasteiger partial charge in [0.25, 0.3) is 0 Å². The first-order valence-electron chi connectivity index (χ1n) is 7.48. The van der Waals surface area contributed by atoms with Gasteiger partial charge in [0.2, 0.25) is 0 Å². The van der Waals surface area contributed by atoms with Gasteiger partial charge in [0.15, 0.2) is 0 Å². The first-order valence-corrected chi connectivity index (χ1v) is 7.48. The maximum Gasteiger partial charge on any atom is 0.128 e. The van der Waals surface area contributed by atoms with Crippen LogP contribution in [0.25, 0.3) is 16.9 Å². The van der Waals surface area contributed by atoms with E-state index in [1.54, 1.807) is 24.1 Å². The Morgan fingerprint density at radius 2 is 2.00 bits per heavy atom. The lowest BCUT2D eigenvalue weighted by Crippen LogP contribution is -1.97. The maximum atomic E-state index is 13.9. The highest BCUT2D eigenvalue weighted by Gasteiger charge is 2.09. The monoisotopic (exact) mass is 311 g/mol. The van der Waals surface area contributed by atoms with Crippen molar-refractivity contribution in [1.82, 2.24) is 15.0 Å². The summed E-state index contributed by atoms with van der Waals surface area (Å²) in [6.45, 7) is 3.91. The molecule has 0 saturated heterocycles. The molecule has 0 saturated carbocycles. The van der Waals surface area contributed by atoms with Gasteiger partial charge in [0, 0.05) is 5.56 Å². The van der Waals surface area contributed by atoms with Crippen molar-refractivity contribution in [2.24, 2.45) is 0 Å². The molecule has 4 nitrogen and oxygen atoms in total. The van der Waals surface area contributed by atoms with Crippen molar-refractivity contribution in [3.05, 3.63) is 59.5 Å². The number of nitrogens with zero attached hydrogens (tertiary/aromatic N) is 3. The van der Waals surface area contributed by atoms with Crippen molar-refractivity contribution in [3.63, 3.8) is 0 Å². The molecule has 0 fully saturated rings. The Morgan fingerprint density at radius 1 is 1.17 bits per heavy atom. The number of rotatable bonds is 4. The van der Waals surface area contributed by atoms with Crippen molar-refractivity contribution in [1.29, 1.82) is 0 Å². The fourth-order valence-corrected chi connectivity index (χ4v) is 2.47. The Morgan fingerprint density at radius 3 is 2.70 bits per heavy atom. The van der Waals surface area contributed by atoms with Crippen molar-refractivity contribution < 1.29 is 9.13 Å². The molecule has 0 unspecified atom stereocenters. The van der Waals surface area contributed by atoms with E-state index in [2.05, 4.69) is 10.3 Å². The van der Waals surface area contributed by atoms with E-state index >= 15 is 0 Å². The fourth-order valence-electron chi connectivity index (χ4n) is 2.47. The van der Waals surface area contributed by atoms with Crippen LogP contribution in [0.4, 0.5) is 4.39 Å². The largest absolute Gasteiger partial charge is 0.496 e. The zero-order valence-corrected chi connectivity index (χ0v) is 13.4. The lowest BCUT2D eigenvalue weighted by molar-refractivity contribution is 0.412. The molecule has 0 N–H and O–H groups in total. The summed E-state index contributed by atoms with van der Waals surface area (Å²) in [5, 5.41) is 8.27. The van der Waals surface area contributed by atoms with E-state index in [0.717, 1.165) is 16.9 Å². The summed E-state index contributed by atoms with van der Waals surface area (Å²) in [6.07, 6.45) is 2.45. The van der Waals surface area contributed by atoms with E-state index < -0.39 is 0 Å². The number of methoxy groups -OCH3 is 1. The minimum Gasteiger partial charge on any atom is -0.496 e. The minimum atomic E-state index is -0.223. The minimum absolute atomic E-state index is 0.223. The van der Waals surface area contributed by atoms with Crippen LogP contribution in [-0.2, 0) is 6.42 Å². The highest BCUT2D eigenvalue weighted by Crippen LogP contribution is 2.26. The third kappa shape index (κ3) is 2.95. The summed E-state index contributed by atoms with van der Waals surface area (Å²) in [5.74, 6) is 0.578. The van der Waals surface area contributed by atoms with Crippen LogP contribution in [-0.4, -0.2) is 22.1 Å². The normalized spacial score (nSPS) is 10.8. The lowest BCUT2D eigenvalue weighted by Gasteiger charge is -2.05. The highest BCUT2D eigenvalue weighted by atomic mass is 19.1. The van der Waals surface area contributed by atoms with Gasteiger partial charge in [-0.3, -0.25) is 0 Å².